The monoisotopic (exact) mass is 376 g/mol. The van der Waals surface area contributed by atoms with Gasteiger partial charge in [0, 0.05) is 10.9 Å². The van der Waals surface area contributed by atoms with Crippen LogP contribution in [0.3, 0.4) is 0 Å². The minimum absolute atomic E-state index is 0.158. The maximum Gasteiger partial charge on any atom is 0.416 e. The number of carbonyl (C=O) groups excluding carboxylic acids is 2. The van der Waals surface area contributed by atoms with E-state index in [1.165, 1.54) is 18.2 Å². The van der Waals surface area contributed by atoms with Crippen molar-refractivity contribution >= 4 is 22.6 Å². The smallest absolute Gasteiger partial charge is 0.267 e. The van der Waals surface area contributed by atoms with E-state index < -0.39 is 29.1 Å². The number of hydrogen-bond acceptors (Lipinski definition) is 4. The first-order valence-corrected chi connectivity index (χ1v) is 7.53. The Morgan fingerprint density at radius 2 is 1.59 bits per heavy atom. The Morgan fingerprint density at radius 1 is 0.926 bits per heavy atom. The molecule has 0 spiro atoms. The highest BCUT2D eigenvalue weighted by molar-refractivity contribution is 6.05. The van der Waals surface area contributed by atoms with Crippen LogP contribution in [0.5, 0.6) is 0 Å². The molecule has 3 aromatic rings. The first-order chi connectivity index (χ1) is 12.8. The van der Waals surface area contributed by atoms with Crippen molar-refractivity contribution < 1.29 is 22.8 Å². The molecule has 1 aromatic heterocycles. The van der Waals surface area contributed by atoms with Crippen molar-refractivity contribution in [3.05, 3.63) is 75.7 Å². The number of benzene rings is 2. The topological polar surface area (TPSA) is 104 Å². The Bertz CT molecular complexity index is 1090. The molecule has 2 amide bonds. The van der Waals surface area contributed by atoms with E-state index in [0.29, 0.717) is 6.07 Å². The second kappa shape index (κ2) is 6.90. The number of rotatable bonds is 2. The molecule has 27 heavy (non-hydrogen) atoms. The van der Waals surface area contributed by atoms with Crippen molar-refractivity contribution in [2.45, 2.75) is 6.18 Å². The fourth-order valence-electron chi connectivity index (χ4n) is 2.37. The van der Waals surface area contributed by atoms with Gasteiger partial charge < -0.3 is 0 Å². The standard InChI is InChI=1S/C17H11F3N4O3/c18-17(19,20)10-5-3-4-9(8-10)14(25)22-24-16(27)13-11-6-1-2-7-12(11)15(26)23-21-13/h1-8H,(H,22,25)(H,23,26)(H,24,27). The van der Waals surface area contributed by atoms with Crippen molar-refractivity contribution in [3.63, 3.8) is 0 Å². The molecule has 138 valence electrons. The Balaban J connectivity index is 1.78. The fourth-order valence-corrected chi connectivity index (χ4v) is 2.37. The summed E-state index contributed by atoms with van der Waals surface area (Å²) in [7, 11) is 0. The predicted molar refractivity (Wildman–Crippen MR) is 88.7 cm³/mol. The van der Waals surface area contributed by atoms with Gasteiger partial charge in [0.1, 0.15) is 0 Å². The highest BCUT2D eigenvalue weighted by atomic mass is 19.4. The summed E-state index contributed by atoms with van der Waals surface area (Å²) in [5.41, 5.74) is 2.15. The minimum atomic E-state index is -4.60. The van der Waals surface area contributed by atoms with Crippen molar-refractivity contribution in [1.82, 2.24) is 21.0 Å². The van der Waals surface area contributed by atoms with Crippen LogP contribution in [0.25, 0.3) is 10.8 Å². The average Bonchev–Trinajstić information content (AvgIpc) is 2.66. The number of hydrazine groups is 1. The van der Waals surface area contributed by atoms with Gasteiger partial charge >= 0.3 is 6.18 Å². The van der Waals surface area contributed by atoms with E-state index >= 15 is 0 Å². The summed E-state index contributed by atoms with van der Waals surface area (Å²) in [4.78, 5) is 36.0. The molecular formula is C17H11F3N4O3. The van der Waals surface area contributed by atoms with Crippen molar-refractivity contribution in [3.8, 4) is 0 Å². The van der Waals surface area contributed by atoms with Crippen molar-refractivity contribution in [2.24, 2.45) is 0 Å². The first kappa shape index (κ1) is 18.1. The molecule has 0 bridgehead atoms. The number of nitrogens with zero attached hydrogens (tertiary/aromatic N) is 1. The molecule has 3 N–H and O–H groups in total. The van der Waals surface area contributed by atoms with Crippen LogP contribution < -0.4 is 16.4 Å². The summed E-state index contributed by atoms with van der Waals surface area (Å²) in [5.74, 6) is -1.79. The molecule has 0 aliphatic rings. The van der Waals surface area contributed by atoms with Crippen LogP contribution in [0, 0.1) is 0 Å². The van der Waals surface area contributed by atoms with Gasteiger partial charge in [-0.1, -0.05) is 24.3 Å². The molecule has 0 saturated heterocycles. The zero-order valence-corrected chi connectivity index (χ0v) is 13.4. The molecule has 1 heterocycles. The molecule has 7 nitrogen and oxygen atoms in total. The molecule has 0 unspecified atom stereocenters. The van der Waals surface area contributed by atoms with Crippen LogP contribution >= 0.6 is 0 Å². The summed E-state index contributed by atoms with van der Waals surface area (Å²) >= 11 is 0. The summed E-state index contributed by atoms with van der Waals surface area (Å²) in [6.07, 6.45) is -4.60. The van der Waals surface area contributed by atoms with Gasteiger partial charge in [-0.2, -0.15) is 18.3 Å². The lowest BCUT2D eigenvalue weighted by atomic mass is 10.1. The largest absolute Gasteiger partial charge is 0.416 e. The molecule has 0 radical (unpaired) electrons. The Hall–Kier alpha value is -3.69. The van der Waals surface area contributed by atoms with Gasteiger partial charge in [0.2, 0.25) is 0 Å². The molecule has 3 rings (SSSR count). The van der Waals surface area contributed by atoms with Gasteiger partial charge in [-0.05, 0) is 24.3 Å². The second-order valence-corrected chi connectivity index (χ2v) is 5.43. The summed E-state index contributed by atoms with van der Waals surface area (Å²) in [6.45, 7) is 0. The highest BCUT2D eigenvalue weighted by Gasteiger charge is 2.31. The van der Waals surface area contributed by atoms with Crippen LogP contribution in [-0.2, 0) is 6.18 Å². The van der Waals surface area contributed by atoms with Crippen LogP contribution in [0.15, 0.2) is 53.3 Å². The van der Waals surface area contributed by atoms with E-state index in [1.807, 2.05) is 5.43 Å². The van der Waals surface area contributed by atoms with E-state index in [2.05, 4.69) is 15.6 Å². The molecular weight excluding hydrogens is 365 g/mol. The van der Waals surface area contributed by atoms with E-state index in [-0.39, 0.29) is 22.0 Å². The summed E-state index contributed by atoms with van der Waals surface area (Å²) in [5, 5.41) is 6.30. The number of carbonyl (C=O) groups is 2. The Morgan fingerprint density at radius 3 is 2.30 bits per heavy atom. The van der Waals surface area contributed by atoms with Gasteiger partial charge in [0.05, 0.1) is 10.9 Å². The Kier molecular flexibility index (Phi) is 4.63. The lowest BCUT2D eigenvalue weighted by Crippen LogP contribution is -2.42. The maximum atomic E-state index is 12.7. The van der Waals surface area contributed by atoms with Crippen LogP contribution in [-0.4, -0.2) is 22.0 Å². The lowest BCUT2D eigenvalue weighted by molar-refractivity contribution is -0.137. The van der Waals surface area contributed by atoms with Crippen molar-refractivity contribution in [2.75, 3.05) is 0 Å². The Labute approximate surface area is 149 Å². The van der Waals surface area contributed by atoms with Crippen LogP contribution in [0.1, 0.15) is 26.4 Å². The molecule has 2 aromatic carbocycles. The summed E-state index contributed by atoms with van der Waals surface area (Å²) < 4.78 is 38.1. The number of amides is 2. The van der Waals surface area contributed by atoms with Gasteiger partial charge in [0.15, 0.2) is 5.69 Å². The maximum absolute atomic E-state index is 12.7. The average molecular weight is 376 g/mol. The first-order valence-electron chi connectivity index (χ1n) is 7.53. The molecule has 0 atom stereocenters. The third-order valence-electron chi connectivity index (χ3n) is 3.65. The summed E-state index contributed by atoms with van der Waals surface area (Å²) in [6, 6.07) is 9.94. The van der Waals surface area contributed by atoms with E-state index in [0.717, 1.165) is 12.1 Å². The molecule has 0 fully saturated rings. The van der Waals surface area contributed by atoms with Gasteiger partial charge in [-0.25, -0.2) is 5.10 Å². The van der Waals surface area contributed by atoms with Gasteiger partial charge in [-0.3, -0.25) is 25.2 Å². The molecule has 0 saturated carbocycles. The van der Waals surface area contributed by atoms with Crippen LogP contribution in [0.4, 0.5) is 13.2 Å². The van der Waals surface area contributed by atoms with E-state index in [9.17, 15) is 27.6 Å². The highest BCUT2D eigenvalue weighted by Crippen LogP contribution is 2.29. The number of nitrogens with one attached hydrogen (secondary N) is 3. The molecule has 10 heteroatoms. The predicted octanol–water partition coefficient (Wildman–Crippen LogP) is 2.02. The number of aromatic nitrogens is 2. The third-order valence-corrected chi connectivity index (χ3v) is 3.65. The number of aromatic amines is 1. The number of fused-ring (bicyclic) bond motifs is 1. The zero-order valence-electron chi connectivity index (χ0n) is 13.4. The number of hydrogen-bond donors (Lipinski definition) is 3. The lowest BCUT2D eigenvalue weighted by Gasteiger charge is -2.10. The SMILES string of the molecule is O=C(NNC(=O)c1n[nH]c(=O)c2ccccc12)c1cccc(C(F)(F)F)c1. The van der Waals surface area contributed by atoms with Gasteiger partial charge in [-0.15, -0.1) is 0 Å². The van der Waals surface area contributed by atoms with Crippen molar-refractivity contribution in [1.29, 1.82) is 0 Å². The van der Waals surface area contributed by atoms with Gasteiger partial charge in [0.25, 0.3) is 17.4 Å². The normalized spacial score (nSPS) is 11.2. The molecule has 0 aliphatic heterocycles. The minimum Gasteiger partial charge on any atom is -0.267 e. The number of halogens is 3. The van der Waals surface area contributed by atoms with E-state index in [4.69, 9.17) is 0 Å². The number of alkyl halides is 3. The third kappa shape index (κ3) is 3.78. The van der Waals surface area contributed by atoms with E-state index in [1.54, 1.807) is 12.1 Å². The quantitative estimate of drug-likeness (QED) is 0.595. The number of H-pyrrole nitrogens is 1. The second-order valence-electron chi connectivity index (χ2n) is 5.43. The fraction of sp³-hybridized carbons (Fsp3) is 0.0588. The molecule has 0 aliphatic carbocycles. The van der Waals surface area contributed by atoms with Crippen LogP contribution in [0.2, 0.25) is 0 Å². The zero-order chi connectivity index (χ0) is 19.6.